The van der Waals surface area contributed by atoms with Crippen LogP contribution in [0.15, 0.2) is 30.3 Å². The Bertz CT molecular complexity index is 555. The van der Waals surface area contributed by atoms with E-state index in [1.807, 2.05) is 0 Å². The highest BCUT2D eigenvalue weighted by Crippen LogP contribution is 2.40. The van der Waals surface area contributed by atoms with Crippen molar-refractivity contribution in [3.8, 4) is 0 Å². The van der Waals surface area contributed by atoms with E-state index in [9.17, 15) is 0 Å². The van der Waals surface area contributed by atoms with Crippen LogP contribution in [0.1, 0.15) is 45.6 Å². The lowest BCUT2D eigenvalue weighted by Gasteiger charge is -2.50. The van der Waals surface area contributed by atoms with Crippen LogP contribution in [0.5, 0.6) is 0 Å². The smallest absolute Gasteiger partial charge is 0.192 e. The van der Waals surface area contributed by atoms with Crippen LogP contribution in [0.2, 0.25) is 18.1 Å². The summed E-state index contributed by atoms with van der Waals surface area (Å²) in [6, 6.07) is 12.0. The summed E-state index contributed by atoms with van der Waals surface area (Å²) in [5, 5.41) is 4.09. The van der Waals surface area contributed by atoms with Gasteiger partial charge in [0.05, 0.1) is 6.10 Å². The van der Waals surface area contributed by atoms with E-state index in [4.69, 9.17) is 4.43 Å². The molecule has 3 unspecified atom stereocenters. The number of benzene rings is 1. The topological polar surface area (TPSA) is 24.5 Å². The first-order chi connectivity index (χ1) is 11.8. The van der Waals surface area contributed by atoms with Crippen molar-refractivity contribution in [1.29, 1.82) is 0 Å². The third kappa shape index (κ3) is 4.36. The van der Waals surface area contributed by atoms with Gasteiger partial charge < -0.3 is 9.74 Å². The molecule has 3 rings (SSSR count). The zero-order valence-corrected chi connectivity index (χ0v) is 17.7. The number of piperazine rings is 1. The van der Waals surface area contributed by atoms with E-state index in [0.29, 0.717) is 18.2 Å². The van der Waals surface area contributed by atoms with Gasteiger partial charge in [-0.1, -0.05) is 51.1 Å². The molecular formula is C21H36N2OSi. The van der Waals surface area contributed by atoms with Gasteiger partial charge in [-0.25, -0.2) is 0 Å². The highest BCUT2D eigenvalue weighted by Gasteiger charge is 2.45. The van der Waals surface area contributed by atoms with Crippen molar-refractivity contribution in [3.05, 3.63) is 35.9 Å². The molecule has 1 aromatic carbocycles. The van der Waals surface area contributed by atoms with Gasteiger partial charge in [-0.05, 0) is 43.0 Å². The standard InChI is InChI=1S/C21H36N2OSi/c1-21(2,3)25(4,5)24-19-13-9-12-18-20(19)22-14-15-23(18)16-17-10-7-6-8-11-17/h6-8,10-11,18-20,22H,9,12-16H2,1-5H3. The van der Waals surface area contributed by atoms with Crippen molar-refractivity contribution < 1.29 is 4.43 Å². The fourth-order valence-electron chi connectivity index (χ4n) is 4.05. The number of nitrogens with one attached hydrogen (secondary N) is 1. The van der Waals surface area contributed by atoms with Crippen molar-refractivity contribution >= 4 is 8.32 Å². The van der Waals surface area contributed by atoms with E-state index < -0.39 is 8.32 Å². The average Bonchev–Trinajstić information content (AvgIpc) is 2.55. The van der Waals surface area contributed by atoms with Gasteiger partial charge in [0.1, 0.15) is 0 Å². The minimum Gasteiger partial charge on any atom is -0.412 e. The van der Waals surface area contributed by atoms with Crippen LogP contribution in [0.3, 0.4) is 0 Å². The van der Waals surface area contributed by atoms with Crippen LogP contribution in [-0.4, -0.2) is 44.5 Å². The Labute approximate surface area is 155 Å². The second-order valence-electron chi connectivity index (χ2n) is 9.35. The number of fused-ring (bicyclic) bond motifs is 1. The Balaban J connectivity index is 1.71. The van der Waals surface area contributed by atoms with Crippen LogP contribution < -0.4 is 5.32 Å². The SMILES string of the molecule is CC(C)(C)[Si](C)(C)OC1CCCC2C1NCCN2Cc1ccccc1. The summed E-state index contributed by atoms with van der Waals surface area (Å²) < 4.78 is 6.86. The van der Waals surface area contributed by atoms with Crippen molar-refractivity contribution in [2.24, 2.45) is 0 Å². The van der Waals surface area contributed by atoms with Crippen LogP contribution in [0.4, 0.5) is 0 Å². The van der Waals surface area contributed by atoms with Crippen LogP contribution >= 0.6 is 0 Å². The Kier molecular flexibility index (Phi) is 5.74. The van der Waals surface area contributed by atoms with Crippen LogP contribution in [0.25, 0.3) is 0 Å². The molecule has 0 radical (unpaired) electrons. The summed E-state index contributed by atoms with van der Waals surface area (Å²) in [4.78, 5) is 2.69. The highest BCUT2D eigenvalue weighted by molar-refractivity contribution is 6.74. The van der Waals surface area contributed by atoms with E-state index in [2.05, 4.69) is 74.4 Å². The highest BCUT2D eigenvalue weighted by atomic mass is 28.4. The summed E-state index contributed by atoms with van der Waals surface area (Å²) in [6.45, 7) is 15.1. The number of rotatable bonds is 4. The summed E-state index contributed by atoms with van der Waals surface area (Å²) in [5.74, 6) is 0. The first-order valence-electron chi connectivity index (χ1n) is 9.97. The van der Waals surface area contributed by atoms with E-state index in [1.54, 1.807) is 0 Å². The number of nitrogens with zero attached hydrogens (tertiary/aromatic N) is 1. The Hall–Kier alpha value is -0.683. The second kappa shape index (κ2) is 7.51. The third-order valence-corrected chi connectivity index (χ3v) is 11.0. The molecular weight excluding hydrogens is 324 g/mol. The van der Waals surface area contributed by atoms with Crippen molar-refractivity contribution in [3.63, 3.8) is 0 Å². The summed E-state index contributed by atoms with van der Waals surface area (Å²) in [6.07, 6.45) is 4.16. The molecule has 140 valence electrons. The Morgan fingerprint density at radius 1 is 1.16 bits per heavy atom. The van der Waals surface area contributed by atoms with E-state index in [1.165, 1.54) is 24.8 Å². The monoisotopic (exact) mass is 360 g/mol. The molecule has 1 aliphatic carbocycles. The number of hydrogen-bond donors (Lipinski definition) is 1. The summed E-state index contributed by atoms with van der Waals surface area (Å²) in [7, 11) is -1.72. The van der Waals surface area contributed by atoms with Gasteiger partial charge in [-0.2, -0.15) is 0 Å². The molecule has 4 heteroatoms. The van der Waals surface area contributed by atoms with E-state index in [-0.39, 0.29) is 5.04 Å². The Morgan fingerprint density at radius 2 is 1.88 bits per heavy atom. The van der Waals surface area contributed by atoms with Gasteiger partial charge in [0.15, 0.2) is 8.32 Å². The van der Waals surface area contributed by atoms with Gasteiger partial charge in [-0.3, -0.25) is 4.90 Å². The molecule has 0 spiro atoms. The van der Waals surface area contributed by atoms with Gasteiger partial charge in [0.25, 0.3) is 0 Å². The maximum atomic E-state index is 6.86. The molecule has 1 saturated heterocycles. The molecule has 0 aromatic heterocycles. The zero-order chi connectivity index (χ0) is 18.1. The normalized spacial score (nSPS) is 28.6. The lowest BCUT2D eigenvalue weighted by Crippen LogP contribution is -2.65. The lowest BCUT2D eigenvalue weighted by molar-refractivity contribution is 0.00484. The lowest BCUT2D eigenvalue weighted by atomic mass is 9.85. The third-order valence-electron chi connectivity index (χ3n) is 6.53. The van der Waals surface area contributed by atoms with Gasteiger partial charge in [0.2, 0.25) is 0 Å². The molecule has 2 fully saturated rings. The average molecular weight is 361 g/mol. The van der Waals surface area contributed by atoms with Crippen molar-refractivity contribution in [1.82, 2.24) is 10.2 Å². The molecule has 2 aliphatic rings. The fourth-order valence-corrected chi connectivity index (χ4v) is 5.43. The molecule has 1 aromatic rings. The largest absolute Gasteiger partial charge is 0.412 e. The predicted molar refractivity (Wildman–Crippen MR) is 108 cm³/mol. The molecule has 3 atom stereocenters. The summed E-state index contributed by atoms with van der Waals surface area (Å²) >= 11 is 0. The predicted octanol–water partition coefficient (Wildman–Crippen LogP) is 4.40. The molecule has 1 saturated carbocycles. The van der Waals surface area contributed by atoms with Crippen LogP contribution in [0, 0.1) is 0 Å². The van der Waals surface area contributed by atoms with Crippen molar-refractivity contribution in [2.45, 2.75) is 82.9 Å². The first kappa shape index (κ1) is 19.1. The maximum Gasteiger partial charge on any atom is 0.192 e. The van der Waals surface area contributed by atoms with Crippen molar-refractivity contribution in [2.75, 3.05) is 13.1 Å². The maximum absolute atomic E-state index is 6.86. The minimum absolute atomic E-state index is 0.276. The van der Waals surface area contributed by atoms with E-state index >= 15 is 0 Å². The molecule has 1 aliphatic heterocycles. The zero-order valence-electron chi connectivity index (χ0n) is 16.7. The summed E-state index contributed by atoms with van der Waals surface area (Å²) in [5.41, 5.74) is 1.43. The second-order valence-corrected chi connectivity index (χ2v) is 14.1. The molecule has 1 N–H and O–H groups in total. The molecule has 0 amide bonds. The number of hydrogen-bond acceptors (Lipinski definition) is 3. The molecule has 0 bridgehead atoms. The van der Waals surface area contributed by atoms with Crippen LogP contribution in [-0.2, 0) is 11.0 Å². The molecule has 1 heterocycles. The fraction of sp³-hybridized carbons (Fsp3) is 0.714. The van der Waals surface area contributed by atoms with Gasteiger partial charge >= 0.3 is 0 Å². The quantitative estimate of drug-likeness (QED) is 0.805. The Morgan fingerprint density at radius 3 is 2.56 bits per heavy atom. The first-order valence-corrected chi connectivity index (χ1v) is 12.9. The van der Waals surface area contributed by atoms with Gasteiger partial charge in [-0.15, -0.1) is 0 Å². The molecule has 3 nitrogen and oxygen atoms in total. The minimum atomic E-state index is -1.72. The van der Waals surface area contributed by atoms with Gasteiger partial charge in [0, 0.05) is 31.7 Å². The van der Waals surface area contributed by atoms with E-state index in [0.717, 1.165) is 19.6 Å². The molecule has 25 heavy (non-hydrogen) atoms.